The first-order valence-corrected chi connectivity index (χ1v) is 6.32. The molecule has 1 N–H and O–H groups in total. The Kier molecular flexibility index (Phi) is 3.86. The molecule has 17 heavy (non-hydrogen) atoms. The molecular weight excluding hydrogens is 237 g/mol. The van der Waals surface area contributed by atoms with Gasteiger partial charge in [0.15, 0.2) is 0 Å². The van der Waals surface area contributed by atoms with Gasteiger partial charge < -0.3 is 5.11 Å². The Labute approximate surface area is 104 Å². The van der Waals surface area contributed by atoms with Crippen LogP contribution in [0.5, 0.6) is 0 Å². The lowest BCUT2D eigenvalue weighted by atomic mass is 10.1. The van der Waals surface area contributed by atoms with Gasteiger partial charge in [0, 0.05) is 6.42 Å². The van der Waals surface area contributed by atoms with Crippen molar-refractivity contribution in [2.75, 3.05) is 0 Å². The van der Waals surface area contributed by atoms with E-state index in [1.807, 2.05) is 13.0 Å². The van der Waals surface area contributed by atoms with Crippen molar-refractivity contribution in [2.45, 2.75) is 26.4 Å². The van der Waals surface area contributed by atoms with Gasteiger partial charge in [-0.05, 0) is 25.0 Å². The minimum atomic E-state index is -0.164. The van der Waals surface area contributed by atoms with Crippen LogP contribution < -0.4 is 0 Å². The fraction of sp³-hybridized carbons (Fsp3) is 0.308. The number of benzene rings is 1. The molecule has 1 aromatic carbocycles. The van der Waals surface area contributed by atoms with Gasteiger partial charge in [-0.25, -0.2) is 9.37 Å². The van der Waals surface area contributed by atoms with Gasteiger partial charge in [-0.1, -0.05) is 18.2 Å². The molecule has 0 fully saturated rings. The molecule has 2 nitrogen and oxygen atoms in total. The van der Waals surface area contributed by atoms with E-state index in [2.05, 4.69) is 4.98 Å². The molecule has 0 radical (unpaired) electrons. The number of hydrogen-bond donors (Lipinski definition) is 1. The predicted octanol–water partition coefficient (Wildman–Crippen LogP) is 2.87. The van der Waals surface area contributed by atoms with E-state index in [0.717, 1.165) is 15.6 Å². The molecule has 2 aromatic rings. The summed E-state index contributed by atoms with van der Waals surface area (Å²) in [7, 11) is 0. The van der Waals surface area contributed by atoms with Crippen molar-refractivity contribution in [3.05, 3.63) is 51.2 Å². The van der Waals surface area contributed by atoms with Gasteiger partial charge >= 0.3 is 0 Å². The lowest BCUT2D eigenvalue weighted by Crippen LogP contribution is -1.94. The van der Waals surface area contributed by atoms with Gasteiger partial charge in [-0.3, -0.25) is 0 Å². The minimum absolute atomic E-state index is 0.0310. The van der Waals surface area contributed by atoms with Crippen molar-refractivity contribution < 1.29 is 9.50 Å². The number of rotatable bonds is 4. The molecule has 0 unspecified atom stereocenters. The van der Waals surface area contributed by atoms with Crippen molar-refractivity contribution in [1.82, 2.24) is 4.98 Å². The lowest BCUT2D eigenvalue weighted by molar-refractivity contribution is 0.284. The third kappa shape index (κ3) is 2.90. The second-order valence-electron chi connectivity index (χ2n) is 3.87. The highest BCUT2D eigenvalue weighted by molar-refractivity contribution is 7.11. The predicted molar refractivity (Wildman–Crippen MR) is 66.6 cm³/mol. The summed E-state index contributed by atoms with van der Waals surface area (Å²) in [4.78, 5) is 5.26. The maximum atomic E-state index is 13.4. The van der Waals surface area contributed by atoms with Crippen LogP contribution in [0.25, 0.3) is 0 Å². The number of aliphatic hydroxyl groups excluding tert-OH is 1. The van der Waals surface area contributed by atoms with Crippen molar-refractivity contribution in [3.8, 4) is 0 Å². The molecular formula is C13H14FNOS. The zero-order valence-electron chi connectivity index (χ0n) is 9.61. The topological polar surface area (TPSA) is 33.1 Å². The molecule has 0 aliphatic heterocycles. The summed E-state index contributed by atoms with van der Waals surface area (Å²) in [6.07, 6.45) is 1.36. The Morgan fingerprint density at radius 3 is 2.71 bits per heavy atom. The normalized spacial score (nSPS) is 10.8. The number of aromatic nitrogens is 1. The molecule has 2 rings (SSSR count). The van der Waals surface area contributed by atoms with E-state index in [1.54, 1.807) is 12.1 Å². The van der Waals surface area contributed by atoms with E-state index in [0.29, 0.717) is 18.4 Å². The standard InChI is InChI=1S/C13H14FNOS/c1-9-12(8-16)17-13(15-9)7-6-10-4-2-3-5-11(10)14/h2-5,16H,6-8H2,1H3. The molecule has 0 saturated heterocycles. The molecule has 0 amide bonds. The van der Waals surface area contributed by atoms with Gasteiger partial charge in [-0.15, -0.1) is 11.3 Å². The van der Waals surface area contributed by atoms with Gasteiger partial charge in [0.1, 0.15) is 5.82 Å². The van der Waals surface area contributed by atoms with Crippen molar-refractivity contribution >= 4 is 11.3 Å². The third-order valence-corrected chi connectivity index (χ3v) is 3.85. The van der Waals surface area contributed by atoms with Crippen LogP contribution in [0.3, 0.4) is 0 Å². The van der Waals surface area contributed by atoms with Gasteiger partial charge in [-0.2, -0.15) is 0 Å². The molecule has 0 bridgehead atoms. The third-order valence-electron chi connectivity index (χ3n) is 2.65. The zero-order valence-corrected chi connectivity index (χ0v) is 10.4. The van der Waals surface area contributed by atoms with Crippen LogP contribution in [0, 0.1) is 12.7 Å². The highest BCUT2D eigenvalue weighted by atomic mass is 32.1. The monoisotopic (exact) mass is 251 g/mol. The van der Waals surface area contributed by atoms with Crippen molar-refractivity contribution in [1.29, 1.82) is 0 Å². The quantitative estimate of drug-likeness (QED) is 0.906. The Balaban J connectivity index is 2.05. The first-order valence-electron chi connectivity index (χ1n) is 5.50. The maximum Gasteiger partial charge on any atom is 0.126 e. The smallest absolute Gasteiger partial charge is 0.126 e. The molecule has 4 heteroatoms. The Morgan fingerprint density at radius 1 is 1.29 bits per heavy atom. The Morgan fingerprint density at radius 2 is 2.06 bits per heavy atom. The van der Waals surface area contributed by atoms with Crippen LogP contribution in [0.1, 0.15) is 21.1 Å². The van der Waals surface area contributed by atoms with E-state index in [-0.39, 0.29) is 12.4 Å². The van der Waals surface area contributed by atoms with Crippen molar-refractivity contribution in [2.24, 2.45) is 0 Å². The average molecular weight is 251 g/mol. The number of halogens is 1. The van der Waals surface area contributed by atoms with Gasteiger partial charge in [0.2, 0.25) is 0 Å². The summed E-state index contributed by atoms with van der Waals surface area (Å²) >= 11 is 1.50. The molecule has 0 saturated carbocycles. The van der Waals surface area contributed by atoms with E-state index >= 15 is 0 Å². The van der Waals surface area contributed by atoms with Crippen LogP contribution in [-0.4, -0.2) is 10.1 Å². The van der Waals surface area contributed by atoms with Crippen LogP contribution in [0.4, 0.5) is 4.39 Å². The van der Waals surface area contributed by atoms with E-state index in [9.17, 15) is 4.39 Å². The fourth-order valence-corrected chi connectivity index (χ4v) is 2.61. The van der Waals surface area contributed by atoms with Gasteiger partial charge in [0.25, 0.3) is 0 Å². The first-order chi connectivity index (χ1) is 8.20. The lowest BCUT2D eigenvalue weighted by Gasteiger charge is -2.00. The summed E-state index contributed by atoms with van der Waals surface area (Å²) in [6.45, 7) is 1.91. The first kappa shape index (κ1) is 12.2. The molecule has 0 atom stereocenters. The molecule has 0 spiro atoms. The summed E-state index contributed by atoms with van der Waals surface area (Å²) in [6, 6.07) is 6.80. The van der Waals surface area contributed by atoms with Crippen LogP contribution in [-0.2, 0) is 19.4 Å². The molecule has 90 valence electrons. The summed E-state index contributed by atoms with van der Waals surface area (Å²) in [5.74, 6) is -0.164. The summed E-state index contributed by atoms with van der Waals surface area (Å²) in [5, 5.41) is 10.0. The Bertz CT molecular complexity index is 510. The molecule has 0 aliphatic rings. The molecule has 1 aromatic heterocycles. The second kappa shape index (κ2) is 5.38. The van der Waals surface area contributed by atoms with Crippen LogP contribution >= 0.6 is 11.3 Å². The van der Waals surface area contributed by atoms with E-state index in [4.69, 9.17) is 5.11 Å². The zero-order chi connectivity index (χ0) is 12.3. The highest BCUT2D eigenvalue weighted by Crippen LogP contribution is 2.20. The average Bonchev–Trinajstić information content (AvgIpc) is 2.69. The number of aryl methyl sites for hydroxylation is 3. The number of thiazole rings is 1. The molecule has 0 aliphatic carbocycles. The highest BCUT2D eigenvalue weighted by Gasteiger charge is 2.07. The minimum Gasteiger partial charge on any atom is -0.391 e. The van der Waals surface area contributed by atoms with Crippen molar-refractivity contribution in [3.63, 3.8) is 0 Å². The van der Waals surface area contributed by atoms with Crippen LogP contribution in [0.2, 0.25) is 0 Å². The maximum absolute atomic E-state index is 13.4. The largest absolute Gasteiger partial charge is 0.391 e. The fourth-order valence-electron chi connectivity index (χ4n) is 1.68. The summed E-state index contributed by atoms with van der Waals surface area (Å²) in [5.41, 5.74) is 1.59. The SMILES string of the molecule is Cc1nc(CCc2ccccc2F)sc1CO. The van der Waals surface area contributed by atoms with E-state index in [1.165, 1.54) is 17.4 Å². The Hall–Kier alpha value is -1.26. The van der Waals surface area contributed by atoms with Crippen LogP contribution in [0.15, 0.2) is 24.3 Å². The second-order valence-corrected chi connectivity index (χ2v) is 5.03. The molecule has 1 heterocycles. The van der Waals surface area contributed by atoms with Gasteiger partial charge in [0.05, 0.1) is 22.2 Å². The number of nitrogens with zero attached hydrogens (tertiary/aromatic N) is 1. The summed E-state index contributed by atoms with van der Waals surface area (Å²) < 4.78 is 13.4. The number of aliphatic hydroxyl groups is 1. The number of hydrogen-bond acceptors (Lipinski definition) is 3. The van der Waals surface area contributed by atoms with E-state index < -0.39 is 0 Å².